The van der Waals surface area contributed by atoms with Crippen LogP contribution in [0, 0.1) is 0 Å². The predicted octanol–water partition coefficient (Wildman–Crippen LogP) is 5.51. The molecule has 0 saturated carbocycles. The van der Waals surface area contributed by atoms with Gasteiger partial charge in [-0.05, 0) is 12.8 Å². The van der Waals surface area contributed by atoms with Crippen LogP contribution in [0.25, 0.3) is 0 Å². The summed E-state index contributed by atoms with van der Waals surface area (Å²) in [5, 5.41) is 0. The van der Waals surface area contributed by atoms with Crippen LogP contribution < -0.4 is 0 Å². The van der Waals surface area contributed by atoms with Gasteiger partial charge in [0.2, 0.25) is 0 Å². The molecule has 0 rings (SSSR count). The molecule has 1 heteroatoms. The second kappa shape index (κ2) is 13.5. The SMILES string of the molecule is CCCCCCCCCC/C=C/CI. The largest absolute Gasteiger partial charge is 0.0878 e. The Kier molecular flexibility index (Phi) is 13.9. The molecule has 0 aromatic rings. The molecule has 84 valence electrons. The Morgan fingerprint density at radius 2 is 1.36 bits per heavy atom. The summed E-state index contributed by atoms with van der Waals surface area (Å²) in [5.41, 5.74) is 0. The summed E-state index contributed by atoms with van der Waals surface area (Å²) >= 11 is 2.39. The Labute approximate surface area is 104 Å². The highest BCUT2D eigenvalue weighted by molar-refractivity contribution is 14.1. The monoisotopic (exact) mass is 308 g/mol. The Balaban J connectivity index is 2.88. The fraction of sp³-hybridized carbons (Fsp3) is 0.846. The van der Waals surface area contributed by atoms with Crippen LogP contribution in [0.3, 0.4) is 0 Å². The molecule has 0 bridgehead atoms. The van der Waals surface area contributed by atoms with Gasteiger partial charge in [0.05, 0.1) is 0 Å². The zero-order valence-electron chi connectivity index (χ0n) is 9.60. The third-order valence-electron chi connectivity index (χ3n) is 2.48. The Morgan fingerprint density at radius 3 is 1.93 bits per heavy atom. The first-order chi connectivity index (χ1) is 6.91. The average Bonchev–Trinajstić information content (AvgIpc) is 2.21. The van der Waals surface area contributed by atoms with Crippen LogP contribution in [0.5, 0.6) is 0 Å². The van der Waals surface area contributed by atoms with E-state index in [2.05, 4.69) is 41.7 Å². The van der Waals surface area contributed by atoms with Crippen molar-refractivity contribution in [3.8, 4) is 0 Å². The molecule has 0 nitrogen and oxygen atoms in total. The fourth-order valence-electron chi connectivity index (χ4n) is 1.58. The lowest BCUT2D eigenvalue weighted by atomic mass is 10.1. The van der Waals surface area contributed by atoms with Crippen LogP contribution in [0.15, 0.2) is 12.2 Å². The molecule has 0 saturated heterocycles. The van der Waals surface area contributed by atoms with Gasteiger partial charge in [0.1, 0.15) is 0 Å². The Hall–Kier alpha value is 0.470. The molecule has 0 radical (unpaired) electrons. The number of unbranched alkanes of at least 4 members (excludes halogenated alkanes) is 8. The van der Waals surface area contributed by atoms with E-state index in [9.17, 15) is 0 Å². The van der Waals surface area contributed by atoms with E-state index in [1.807, 2.05) is 0 Å². The van der Waals surface area contributed by atoms with E-state index in [4.69, 9.17) is 0 Å². The predicted molar refractivity (Wildman–Crippen MR) is 75.3 cm³/mol. The molecule has 0 aromatic heterocycles. The molecule has 0 atom stereocenters. The van der Waals surface area contributed by atoms with Crippen molar-refractivity contribution in [2.75, 3.05) is 4.43 Å². The molecule has 0 aliphatic carbocycles. The zero-order chi connectivity index (χ0) is 10.5. The first-order valence-electron chi connectivity index (χ1n) is 6.12. The lowest BCUT2D eigenvalue weighted by molar-refractivity contribution is 0.577. The normalized spacial score (nSPS) is 11.3. The molecular weight excluding hydrogens is 283 g/mol. The van der Waals surface area contributed by atoms with Crippen molar-refractivity contribution in [3.63, 3.8) is 0 Å². The second-order valence-electron chi connectivity index (χ2n) is 3.89. The van der Waals surface area contributed by atoms with Crippen molar-refractivity contribution in [3.05, 3.63) is 12.2 Å². The number of rotatable bonds is 10. The molecule has 0 heterocycles. The third-order valence-corrected chi connectivity index (χ3v) is 2.99. The van der Waals surface area contributed by atoms with Crippen LogP contribution in [-0.4, -0.2) is 4.43 Å². The number of hydrogen-bond donors (Lipinski definition) is 0. The van der Waals surface area contributed by atoms with Gasteiger partial charge in [-0.2, -0.15) is 0 Å². The van der Waals surface area contributed by atoms with Crippen molar-refractivity contribution in [1.82, 2.24) is 0 Å². The molecule has 0 spiro atoms. The Morgan fingerprint density at radius 1 is 0.786 bits per heavy atom. The molecule has 0 unspecified atom stereocenters. The summed E-state index contributed by atoms with van der Waals surface area (Å²) in [5.74, 6) is 0. The van der Waals surface area contributed by atoms with E-state index in [0.717, 1.165) is 4.43 Å². The molecule has 14 heavy (non-hydrogen) atoms. The molecule has 0 amide bonds. The topological polar surface area (TPSA) is 0 Å². The Bertz CT molecular complexity index is 118. The van der Waals surface area contributed by atoms with Crippen molar-refractivity contribution in [2.45, 2.75) is 64.7 Å². The van der Waals surface area contributed by atoms with Gasteiger partial charge in [-0.25, -0.2) is 0 Å². The van der Waals surface area contributed by atoms with E-state index in [1.54, 1.807) is 0 Å². The summed E-state index contributed by atoms with van der Waals surface area (Å²) in [4.78, 5) is 0. The minimum absolute atomic E-state index is 1.16. The lowest BCUT2D eigenvalue weighted by Gasteiger charge is -1.99. The van der Waals surface area contributed by atoms with Gasteiger partial charge in [-0.1, -0.05) is 86.6 Å². The smallest absolute Gasteiger partial charge is 0.0175 e. The quantitative estimate of drug-likeness (QED) is 0.216. The van der Waals surface area contributed by atoms with Gasteiger partial charge in [-0.3, -0.25) is 0 Å². The maximum absolute atomic E-state index is 2.39. The van der Waals surface area contributed by atoms with Gasteiger partial charge in [0.15, 0.2) is 0 Å². The van der Waals surface area contributed by atoms with Gasteiger partial charge < -0.3 is 0 Å². The zero-order valence-corrected chi connectivity index (χ0v) is 11.8. The highest BCUT2D eigenvalue weighted by Gasteiger charge is 1.89. The van der Waals surface area contributed by atoms with E-state index < -0.39 is 0 Å². The first kappa shape index (κ1) is 14.5. The van der Waals surface area contributed by atoms with E-state index in [0.29, 0.717) is 0 Å². The van der Waals surface area contributed by atoms with Gasteiger partial charge in [-0.15, -0.1) is 0 Å². The molecule has 0 fully saturated rings. The van der Waals surface area contributed by atoms with Crippen molar-refractivity contribution in [2.24, 2.45) is 0 Å². The van der Waals surface area contributed by atoms with Gasteiger partial charge in [0.25, 0.3) is 0 Å². The second-order valence-corrected chi connectivity index (χ2v) is 4.77. The number of allylic oxidation sites excluding steroid dienone is 2. The summed E-state index contributed by atoms with van der Waals surface area (Å²) in [7, 11) is 0. The van der Waals surface area contributed by atoms with Crippen molar-refractivity contribution in [1.29, 1.82) is 0 Å². The minimum Gasteiger partial charge on any atom is -0.0878 e. The van der Waals surface area contributed by atoms with E-state index in [1.165, 1.54) is 57.8 Å². The number of alkyl halides is 1. The minimum atomic E-state index is 1.16. The number of halogens is 1. The molecule has 0 N–H and O–H groups in total. The van der Waals surface area contributed by atoms with E-state index >= 15 is 0 Å². The van der Waals surface area contributed by atoms with Crippen LogP contribution in [0.2, 0.25) is 0 Å². The lowest BCUT2D eigenvalue weighted by Crippen LogP contribution is -1.79. The van der Waals surface area contributed by atoms with Crippen LogP contribution in [0.4, 0.5) is 0 Å². The standard InChI is InChI=1S/C13H25I/c1-2-3-4-5-6-7-8-9-10-11-12-13-14/h11-12H,2-10,13H2,1H3/b12-11+. The van der Waals surface area contributed by atoms with Crippen LogP contribution in [0.1, 0.15) is 64.7 Å². The third kappa shape index (κ3) is 12.5. The van der Waals surface area contributed by atoms with E-state index in [-0.39, 0.29) is 0 Å². The summed E-state index contributed by atoms with van der Waals surface area (Å²) in [6.45, 7) is 2.28. The van der Waals surface area contributed by atoms with Crippen LogP contribution in [-0.2, 0) is 0 Å². The maximum Gasteiger partial charge on any atom is 0.0175 e. The highest BCUT2D eigenvalue weighted by atomic mass is 127. The van der Waals surface area contributed by atoms with Crippen LogP contribution >= 0.6 is 22.6 Å². The summed E-state index contributed by atoms with van der Waals surface area (Å²) in [6, 6.07) is 0. The van der Waals surface area contributed by atoms with Crippen molar-refractivity contribution >= 4 is 22.6 Å². The molecule has 0 aliphatic rings. The fourth-order valence-corrected chi connectivity index (χ4v) is 1.94. The van der Waals surface area contributed by atoms with Gasteiger partial charge >= 0.3 is 0 Å². The summed E-state index contributed by atoms with van der Waals surface area (Å²) < 4.78 is 1.16. The molecule has 0 aromatic carbocycles. The summed E-state index contributed by atoms with van der Waals surface area (Å²) in [6.07, 6.45) is 17.3. The van der Waals surface area contributed by atoms with Gasteiger partial charge in [0, 0.05) is 4.43 Å². The average molecular weight is 308 g/mol. The molecule has 0 aliphatic heterocycles. The van der Waals surface area contributed by atoms with Crippen molar-refractivity contribution < 1.29 is 0 Å². The first-order valence-corrected chi connectivity index (χ1v) is 7.65. The maximum atomic E-state index is 2.39. The highest BCUT2D eigenvalue weighted by Crippen LogP contribution is 2.09. The molecular formula is C13H25I. The number of hydrogen-bond acceptors (Lipinski definition) is 0.